The van der Waals surface area contributed by atoms with Gasteiger partial charge in [0.2, 0.25) is 0 Å². The van der Waals surface area contributed by atoms with E-state index in [0.717, 1.165) is 0 Å². The number of nitrogens with zero attached hydrogens (tertiary/aromatic N) is 1. The lowest BCUT2D eigenvalue weighted by molar-refractivity contribution is -0.140. The first-order valence-electron chi connectivity index (χ1n) is 4.02. The predicted molar refractivity (Wildman–Crippen MR) is 47.9 cm³/mol. The Morgan fingerprint density at radius 3 is 1.92 bits per heavy atom. The van der Waals surface area contributed by atoms with E-state index >= 15 is 0 Å². The third-order valence-corrected chi connectivity index (χ3v) is 1.93. The molecular formula is C8H18N2O2. The van der Waals surface area contributed by atoms with Crippen LogP contribution in [-0.4, -0.2) is 42.2 Å². The highest BCUT2D eigenvalue weighted by Gasteiger charge is 2.28. The maximum atomic E-state index is 10.6. The highest BCUT2D eigenvalue weighted by molar-refractivity contribution is 5.74. The molecule has 0 spiro atoms. The summed E-state index contributed by atoms with van der Waals surface area (Å²) in [7, 11) is 3.68. The molecule has 0 aliphatic rings. The first-order valence-corrected chi connectivity index (χ1v) is 4.02. The monoisotopic (exact) mass is 174 g/mol. The van der Waals surface area contributed by atoms with E-state index in [2.05, 4.69) is 0 Å². The van der Waals surface area contributed by atoms with E-state index in [-0.39, 0.29) is 12.0 Å². The molecule has 0 radical (unpaired) electrons. The van der Waals surface area contributed by atoms with E-state index in [1.54, 1.807) is 0 Å². The molecule has 0 aromatic rings. The summed E-state index contributed by atoms with van der Waals surface area (Å²) in [6.07, 6.45) is 0. The van der Waals surface area contributed by atoms with E-state index in [1.165, 1.54) is 0 Å². The summed E-state index contributed by atoms with van der Waals surface area (Å²) in [5, 5.41) is 8.70. The van der Waals surface area contributed by atoms with Crippen LogP contribution in [0.25, 0.3) is 0 Å². The van der Waals surface area contributed by atoms with Gasteiger partial charge >= 0.3 is 5.97 Å². The Morgan fingerprint density at radius 1 is 1.42 bits per heavy atom. The van der Waals surface area contributed by atoms with Crippen molar-refractivity contribution >= 4 is 5.97 Å². The van der Waals surface area contributed by atoms with Crippen LogP contribution in [0.3, 0.4) is 0 Å². The smallest absolute Gasteiger partial charge is 0.322 e. The third kappa shape index (κ3) is 2.79. The van der Waals surface area contributed by atoms with Crippen LogP contribution in [0.1, 0.15) is 13.8 Å². The van der Waals surface area contributed by atoms with Gasteiger partial charge in [-0.25, -0.2) is 0 Å². The van der Waals surface area contributed by atoms with Gasteiger partial charge in [-0.2, -0.15) is 0 Å². The Bertz CT molecular complexity index is 149. The number of carbonyl (C=O) groups is 1. The fourth-order valence-electron chi connectivity index (χ4n) is 1.48. The SMILES string of the molecule is CC(C)C(C(N)C(=O)O)N(C)C. The zero-order chi connectivity index (χ0) is 9.89. The molecule has 3 N–H and O–H groups in total. The number of likely N-dealkylation sites (N-methyl/N-ethyl adjacent to an activating group) is 1. The van der Waals surface area contributed by atoms with Crippen LogP contribution < -0.4 is 5.73 Å². The van der Waals surface area contributed by atoms with Crippen molar-refractivity contribution in [3.05, 3.63) is 0 Å². The van der Waals surface area contributed by atoms with Gasteiger partial charge in [0.05, 0.1) is 0 Å². The fraction of sp³-hybridized carbons (Fsp3) is 0.875. The van der Waals surface area contributed by atoms with E-state index < -0.39 is 12.0 Å². The fourth-order valence-corrected chi connectivity index (χ4v) is 1.48. The summed E-state index contributed by atoms with van der Waals surface area (Å²) in [6, 6.07) is -0.914. The van der Waals surface area contributed by atoms with Gasteiger partial charge in [0, 0.05) is 6.04 Å². The average molecular weight is 174 g/mol. The van der Waals surface area contributed by atoms with Crippen molar-refractivity contribution in [1.82, 2.24) is 4.90 Å². The largest absolute Gasteiger partial charge is 0.480 e. The molecule has 0 bridgehead atoms. The minimum atomic E-state index is -0.942. The molecule has 0 fully saturated rings. The Balaban J connectivity index is 4.40. The van der Waals surface area contributed by atoms with E-state index in [9.17, 15) is 4.79 Å². The summed E-state index contributed by atoms with van der Waals surface area (Å²) < 4.78 is 0. The number of aliphatic carboxylic acids is 1. The molecule has 0 aliphatic heterocycles. The maximum Gasteiger partial charge on any atom is 0.322 e. The number of hydrogen-bond donors (Lipinski definition) is 2. The molecule has 2 unspecified atom stereocenters. The highest BCUT2D eigenvalue weighted by atomic mass is 16.4. The molecule has 4 heteroatoms. The van der Waals surface area contributed by atoms with Crippen molar-refractivity contribution in [3.63, 3.8) is 0 Å². The third-order valence-electron chi connectivity index (χ3n) is 1.93. The van der Waals surface area contributed by atoms with Crippen molar-refractivity contribution < 1.29 is 9.90 Å². The minimum absolute atomic E-state index is 0.109. The summed E-state index contributed by atoms with van der Waals surface area (Å²) in [6.45, 7) is 3.93. The summed E-state index contributed by atoms with van der Waals surface area (Å²) in [5.74, 6) is -0.700. The molecular weight excluding hydrogens is 156 g/mol. The molecule has 12 heavy (non-hydrogen) atoms. The van der Waals surface area contributed by atoms with E-state index in [4.69, 9.17) is 10.8 Å². The van der Waals surface area contributed by atoms with Gasteiger partial charge in [-0.3, -0.25) is 4.79 Å². The molecule has 0 aliphatic carbocycles. The normalized spacial score (nSPS) is 16.6. The molecule has 72 valence electrons. The number of carboxylic acids is 1. The average Bonchev–Trinajstić information content (AvgIpc) is 1.85. The molecule has 4 nitrogen and oxygen atoms in total. The molecule has 0 rings (SSSR count). The quantitative estimate of drug-likeness (QED) is 0.629. The first kappa shape index (κ1) is 11.4. The van der Waals surface area contributed by atoms with Crippen molar-refractivity contribution in [2.45, 2.75) is 25.9 Å². The van der Waals surface area contributed by atoms with Crippen molar-refractivity contribution in [1.29, 1.82) is 0 Å². The Hall–Kier alpha value is -0.610. The van der Waals surface area contributed by atoms with Gasteiger partial charge in [0.1, 0.15) is 6.04 Å². The van der Waals surface area contributed by atoms with Crippen LogP contribution in [-0.2, 0) is 4.79 Å². The number of nitrogens with two attached hydrogens (primary N) is 1. The molecule has 0 amide bonds. The van der Waals surface area contributed by atoms with Crippen LogP contribution in [0.2, 0.25) is 0 Å². The standard InChI is InChI=1S/C8H18N2O2/c1-5(2)7(10(3)4)6(9)8(11)12/h5-7H,9H2,1-4H3,(H,11,12). The lowest BCUT2D eigenvalue weighted by Gasteiger charge is -2.30. The van der Waals surface area contributed by atoms with Crippen LogP contribution in [0.5, 0.6) is 0 Å². The van der Waals surface area contributed by atoms with Crippen LogP contribution in [0.15, 0.2) is 0 Å². The molecule has 0 aromatic heterocycles. The lowest BCUT2D eigenvalue weighted by Crippen LogP contribution is -2.51. The maximum absolute atomic E-state index is 10.6. The second kappa shape index (κ2) is 4.42. The van der Waals surface area contributed by atoms with Gasteiger partial charge in [-0.1, -0.05) is 13.8 Å². The number of hydrogen-bond acceptors (Lipinski definition) is 3. The Labute approximate surface area is 73.3 Å². The van der Waals surface area contributed by atoms with Crippen molar-refractivity contribution in [3.8, 4) is 0 Å². The highest BCUT2D eigenvalue weighted by Crippen LogP contribution is 2.10. The zero-order valence-electron chi connectivity index (χ0n) is 8.11. The minimum Gasteiger partial charge on any atom is -0.480 e. The topological polar surface area (TPSA) is 66.6 Å². The van der Waals surface area contributed by atoms with Gasteiger partial charge < -0.3 is 15.7 Å². The van der Waals surface area contributed by atoms with Crippen molar-refractivity contribution in [2.75, 3.05) is 14.1 Å². The molecule has 0 saturated carbocycles. The number of rotatable bonds is 4. The lowest BCUT2D eigenvalue weighted by atomic mass is 9.96. The van der Waals surface area contributed by atoms with E-state index in [1.807, 2.05) is 32.8 Å². The van der Waals surface area contributed by atoms with Crippen LogP contribution in [0, 0.1) is 5.92 Å². The molecule has 2 atom stereocenters. The van der Waals surface area contributed by atoms with Crippen LogP contribution in [0.4, 0.5) is 0 Å². The molecule has 0 aromatic carbocycles. The van der Waals surface area contributed by atoms with Gasteiger partial charge in [-0.15, -0.1) is 0 Å². The summed E-state index contributed by atoms with van der Waals surface area (Å²) in [5.41, 5.74) is 5.52. The zero-order valence-corrected chi connectivity index (χ0v) is 8.11. The second-order valence-electron chi connectivity index (χ2n) is 3.56. The first-order chi connectivity index (χ1) is 5.37. The van der Waals surface area contributed by atoms with Gasteiger partial charge in [0.25, 0.3) is 0 Å². The van der Waals surface area contributed by atoms with E-state index in [0.29, 0.717) is 0 Å². The molecule has 0 saturated heterocycles. The predicted octanol–water partition coefficient (Wildman–Crippen LogP) is -0.0155. The van der Waals surface area contributed by atoms with Gasteiger partial charge in [-0.05, 0) is 20.0 Å². The number of carboxylic acid groups (broad SMARTS) is 1. The Morgan fingerprint density at radius 2 is 1.83 bits per heavy atom. The molecule has 0 heterocycles. The van der Waals surface area contributed by atoms with Crippen molar-refractivity contribution in [2.24, 2.45) is 11.7 Å². The summed E-state index contributed by atoms with van der Waals surface area (Å²) in [4.78, 5) is 12.4. The van der Waals surface area contributed by atoms with Gasteiger partial charge in [0.15, 0.2) is 0 Å². The Kier molecular flexibility index (Phi) is 4.20. The second-order valence-corrected chi connectivity index (χ2v) is 3.56. The summed E-state index contributed by atoms with van der Waals surface area (Å²) >= 11 is 0. The van der Waals surface area contributed by atoms with Crippen LogP contribution >= 0.6 is 0 Å².